The minimum atomic E-state index is -2.44. The quantitative estimate of drug-likeness (QED) is 0.509. The number of aliphatic hydroxyl groups is 2. The minimum absolute atomic E-state index is 0.0663. The zero-order valence-corrected chi connectivity index (χ0v) is 7.65. The van der Waals surface area contributed by atoms with Gasteiger partial charge in [-0.15, -0.1) is 22.2 Å². The van der Waals surface area contributed by atoms with Gasteiger partial charge in [-0.25, -0.2) is 0 Å². The zero-order chi connectivity index (χ0) is 7.49. The molecular formula is C4H10Cl2O2Si. The Hall–Kier alpha value is 0.717. The van der Waals surface area contributed by atoms with Crippen LogP contribution >= 0.6 is 22.2 Å². The fourth-order valence-corrected chi connectivity index (χ4v) is 1.67. The lowest BCUT2D eigenvalue weighted by atomic mass is 10.5. The first-order valence-electron chi connectivity index (χ1n) is 2.65. The highest BCUT2D eigenvalue weighted by molar-refractivity contribution is 7.45. The molecule has 0 bridgehead atoms. The zero-order valence-electron chi connectivity index (χ0n) is 5.14. The summed E-state index contributed by atoms with van der Waals surface area (Å²) in [5.74, 6) is 0. The minimum Gasteiger partial charge on any atom is -0.396 e. The third-order valence-electron chi connectivity index (χ3n) is 0.988. The van der Waals surface area contributed by atoms with Gasteiger partial charge in [-0.05, 0) is 13.0 Å². The smallest absolute Gasteiger partial charge is 0.275 e. The van der Waals surface area contributed by atoms with Crippen molar-refractivity contribution < 1.29 is 10.2 Å². The van der Waals surface area contributed by atoms with Gasteiger partial charge in [-0.3, -0.25) is 0 Å². The number of hydrogen-bond donors (Lipinski definition) is 2. The van der Waals surface area contributed by atoms with Crippen molar-refractivity contribution in [2.75, 3.05) is 6.61 Å². The van der Waals surface area contributed by atoms with Crippen LogP contribution in [0.25, 0.3) is 0 Å². The van der Waals surface area contributed by atoms with E-state index in [0.29, 0.717) is 0 Å². The lowest BCUT2D eigenvalue weighted by Gasteiger charge is -2.16. The molecule has 0 saturated carbocycles. The van der Waals surface area contributed by atoms with Crippen LogP contribution in [0, 0.1) is 0 Å². The van der Waals surface area contributed by atoms with Gasteiger partial charge < -0.3 is 10.2 Å². The van der Waals surface area contributed by atoms with Crippen LogP contribution in [0.5, 0.6) is 0 Å². The summed E-state index contributed by atoms with van der Waals surface area (Å²) >= 11 is 11.2. The molecule has 0 aliphatic heterocycles. The van der Waals surface area contributed by atoms with Crippen LogP contribution in [-0.2, 0) is 0 Å². The fourth-order valence-electron chi connectivity index (χ4n) is 0.376. The van der Waals surface area contributed by atoms with E-state index >= 15 is 0 Å². The number of hydrogen-bond acceptors (Lipinski definition) is 2. The molecule has 0 heterocycles. The van der Waals surface area contributed by atoms with Crippen molar-refractivity contribution in [3.63, 3.8) is 0 Å². The van der Waals surface area contributed by atoms with Crippen LogP contribution in [0.15, 0.2) is 0 Å². The summed E-state index contributed by atoms with van der Waals surface area (Å²) in [4.78, 5) is 0. The average molecular weight is 189 g/mol. The molecule has 2 N–H and O–H groups in total. The molecule has 1 atom stereocenters. The van der Waals surface area contributed by atoms with Crippen LogP contribution in [0.4, 0.5) is 0 Å². The fraction of sp³-hybridized carbons (Fsp3) is 1.00. The van der Waals surface area contributed by atoms with Gasteiger partial charge in [0.15, 0.2) is 0 Å². The highest BCUT2D eigenvalue weighted by atomic mass is 35.7. The molecule has 5 heteroatoms. The second-order valence-electron chi connectivity index (χ2n) is 1.98. The van der Waals surface area contributed by atoms with E-state index in [1.54, 1.807) is 6.55 Å². The Bertz CT molecular complexity index is 83.1. The predicted molar refractivity (Wildman–Crippen MR) is 41.0 cm³/mol. The van der Waals surface area contributed by atoms with E-state index in [2.05, 4.69) is 0 Å². The van der Waals surface area contributed by atoms with E-state index in [4.69, 9.17) is 32.4 Å². The molecule has 0 radical (unpaired) electrons. The maximum Gasteiger partial charge on any atom is 0.275 e. The number of aliphatic hydroxyl groups excluding tert-OH is 2. The molecule has 0 aromatic rings. The topological polar surface area (TPSA) is 40.5 Å². The summed E-state index contributed by atoms with van der Waals surface area (Å²) in [6.07, 6.45) is 0.274. The molecule has 0 amide bonds. The van der Waals surface area contributed by atoms with Crippen molar-refractivity contribution in [2.24, 2.45) is 0 Å². The van der Waals surface area contributed by atoms with E-state index < -0.39 is 12.4 Å². The van der Waals surface area contributed by atoms with E-state index in [-0.39, 0.29) is 13.0 Å². The van der Waals surface area contributed by atoms with Gasteiger partial charge in [0.25, 0.3) is 6.69 Å². The molecule has 0 aliphatic carbocycles. The molecule has 0 saturated heterocycles. The van der Waals surface area contributed by atoms with E-state index in [9.17, 15) is 0 Å². The first-order valence-corrected chi connectivity index (χ1v) is 7.25. The average Bonchev–Trinajstić information content (AvgIpc) is 1.64. The van der Waals surface area contributed by atoms with Gasteiger partial charge in [-0.2, -0.15) is 0 Å². The Morgan fingerprint density at radius 1 is 1.56 bits per heavy atom. The molecule has 2 nitrogen and oxygen atoms in total. The first-order chi connectivity index (χ1) is 3.98. The van der Waals surface area contributed by atoms with Crippen molar-refractivity contribution in [1.82, 2.24) is 0 Å². The molecule has 9 heavy (non-hydrogen) atoms. The van der Waals surface area contributed by atoms with Crippen LogP contribution < -0.4 is 0 Å². The summed E-state index contributed by atoms with van der Waals surface area (Å²) in [5.41, 5.74) is -0.717. The molecule has 0 spiro atoms. The summed E-state index contributed by atoms with van der Waals surface area (Å²) in [6, 6.07) is 0. The van der Waals surface area contributed by atoms with Crippen molar-refractivity contribution in [1.29, 1.82) is 0 Å². The largest absolute Gasteiger partial charge is 0.396 e. The van der Waals surface area contributed by atoms with Gasteiger partial charge in [0.1, 0.15) is 0 Å². The van der Waals surface area contributed by atoms with Gasteiger partial charge >= 0.3 is 0 Å². The maximum atomic E-state index is 9.02. The van der Waals surface area contributed by atoms with Crippen LogP contribution in [-0.4, -0.2) is 29.2 Å². The Morgan fingerprint density at radius 2 is 2.00 bits per heavy atom. The molecule has 0 fully saturated rings. The van der Waals surface area contributed by atoms with E-state index in [1.807, 2.05) is 0 Å². The van der Waals surface area contributed by atoms with Crippen LogP contribution in [0.3, 0.4) is 0 Å². The normalized spacial score (nSPS) is 15.7. The first kappa shape index (κ1) is 9.72. The summed E-state index contributed by atoms with van der Waals surface area (Å²) < 4.78 is 0. The van der Waals surface area contributed by atoms with Gasteiger partial charge in [-0.1, -0.05) is 0 Å². The molecule has 0 aromatic heterocycles. The van der Waals surface area contributed by atoms with E-state index in [0.717, 1.165) is 0 Å². The number of halogens is 2. The standard InChI is InChI=1S/C4H10Cl2O2Si/c1-9(5,6)4(8)2-3-7/h4,7-8H,2-3H2,1H3. The summed E-state index contributed by atoms with van der Waals surface area (Å²) in [7, 11) is 0. The molecule has 0 rings (SSSR count). The summed E-state index contributed by atoms with van der Waals surface area (Å²) in [5, 5.41) is 17.4. The van der Waals surface area contributed by atoms with Crippen molar-refractivity contribution in [2.45, 2.75) is 18.7 Å². The third-order valence-corrected chi connectivity index (χ3v) is 3.96. The lowest BCUT2D eigenvalue weighted by molar-refractivity contribution is 0.188. The van der Waals surface area contributed by atoms with Crippen molar-refractivity contribution >= 4 is 28.9 Å². The van der Waals surface area contributed by atoms with Crippen LogP contribution in [0.1, 0.15) is 6.42 Å². The number of rotatable bonds is 3. The van der Waals surface area contributed by atoms with Crippen molar-refractivity contribution in [3.8, 4) is 0 Å². The van der Waals surface area contributed by atoms with Gasteiger partial charge in [0.05, 0.1) is 5.73 Å². The van der Waals surface area contributed by atoms with Crippen molar-refractivity contribution in [3.05, 3.63) is 0 Å². The predicted octanol–water partition coefficient (Wildman–Crippen LogP) is 0.819. The highest BCUT2D eigenvalue weighted by Crippen LogP contribution is 2.20. The molecule has 1 unspecified atom stereocenters. The Labute approximate surface area is 64.8 Å². The summed E-state index contributed by atoms with van der Waals surface area (Å²) in [6.45, 7) is -0.886. The Morgan fingerprint density at radius 3 is 2.11 bits per heavy atom. The lowest BCUT2D eigenvalue weighted by Crippen LogP contribution is -2.33. The van der Waals surface area contributed by atoms with Gasteiger partial charge in [0.2, 0.25) is 0 Å². The third kappa shape index (κ3) is 4.17. The monoisotopic (exact) mass is 188 g/mol. The van der Waals surface area contributed by atoms with E-state index in [1.165, 1.54) is 0 Å². The second-order valence-corrected chi connectivity index (χ2v) is 9.85. The second kappa shape index (κ2) is 3.78. The maximum absolute atomic E-state index is 9.02. The molecule has 56 valence electrons. The van der Waals surface area contributed by atoms with Gasteiger partial charge in [0, 0.05) is 6.61 Å². The SMILES string of the molecule is C[Si](Cl)(Cl)C(O)CCO. The Balaban J connectivity index is 3.59. The highest BCUT2D eigenvalue weighted by Gasteiger charge is 2.30. The van der Waals surface area contributed by atoms with Crippen LogP contribution in [0.2, 0.25) is 6.55 Å². The molecule has 0 aliphatic rings. The molecular weight excluding hydrogens is 179 g/mol. The molecule has 0 aromatic carbocycles. The Kier molecular flexibility index (Phi) is 4.08.